The Morgan fingerprint density at radius 2 is 2.09 bits per heavy atom. The summed E-state index contributed by atoms with van der Waals surface area (Å²) in [5, 5.41) is 11.8. The molecule has 2 N–H and O–H groups in total. The largest absolute Gasteiger partial charge is 0.492 e. The summed E-state index contributed by atoms with van der Waals surface area (Å²) in [7, 11) is 0. The molecule has 0 atom stereocenters. The van der Waals surface area contributed by atoms with Crippen LogP contribution in [0.5, 0.6) is 5.75 Å². The average Bonchev–Trinajstić information content (AvgIpc) is 2.53. The van der Waals surface area contributed by atoms with Gasteiger partial charge in [0.25, 0.3) is 0 Å². The van der Waals surface area contributed by atoms with E-state index in [-0.39, 0.29) is 6.42 Å². The highest BCUT2D eigenvalue weighted by Crippen LogP contribution is 2.31. The Morgan fingerprint density at radius 3 is 2.77 bits per heavy atom. The van der Waals surface area contributed by atoms with Crippen LogP contribution in [0, 0.1) is 0 Å². The van der Waals surface area contributed by atoms with Crippen LogP contribution in [0.25, 0.3) is 0 Å². The molecule has 1 fully saturated rings. The summed E-state index contributed by atoms with van der Waals surface area (Å²) in [4.78, 5) is 12.9. The van der Waals surface area contributed by atoms with Crippen molar-refractivity contribution in [1.29, 1.82) is 0 Å². The number of rotatable bonds is 8. The van der Waals surface area contributed by atoms with Crippen LogP contribution in [0.2, 0.25) is 0 Å². The summed E-state index contributed by atoms with van der Waals surface area (Å²) in [5.74, 6) is 0.157. The van der Waals surface area contributed by atoms with Gasteiger partial charge < -0.3 is 20.1 Å². The summed E-state index contributed by atoms with van der Waals surface area (Å²) in [6.07, 6.45) is 3.93. The molecule has 0 aromatic heterocycles. The first-order valence-electron chi connectivity index (χ1n) is 8.14. The number of carboxylic acids is 1. The summed E-state index contributed by atoms with van der Waals surface area (Å²) < 4.78 is 5.81. The maximum Gasteiger partial charge on any atom is 0.304 e. The molecule has 1 aliphatic rings. The number of hydrogen-bond donors (Lipinski definition) is 2. The fraction of sp³-hybridized carbons (Fsp3) is 0.588. The summed E-state index contributed by atoms with van der Waals surface area (Å²) in [6, 6.07) is 6.30. The maximum atomic E-state index is 10.5. The van der Waals surface area contributed by atoms with Gasteiger partial charge >= 0.3 is 5.97 Å². The molecule has 0 radical (unpaired) electrons. The lowest BCUT2D eigenvalue weighted by molar-refractivity contribution is -0.136. The third-order valence-electron chi connectivity index (χ3n) is 3.87. The van der Waals surface area contributed by atoms with Crippen LogP contribution in [-0.4, -0.2) is 37.3 Å². The minimum Gasteiger partial charge on any atom is -0.492 e. The molecule has 0 spiro atoms. The van der Waals surface area contributed by atoms with Crippen LogP contribution < -0.4 is 15.0 Å². The lowest BCUT2D eigenvalue weighted by Crippen LogP contribution is -2.29. The summed E-state index contributed by atoms with van der Waals surface area (Å²) in [6.45, 7) is 5.97. The first-order chi connectivity index (χ1) is 10.7. The molecule has 1 aromatic carbocycles. The van der Waals surface area contributed by atoms with Crippen molar-refractivity contribution in [2.75, 3.05) is 31.1 Å². The number of anilines is 1. The van der Waals surface area contributed by atoms with Crippen LogP contribution in [0.4, 0.5) is 5.69 Å². The fourth-order valence-corrected chi connectivity index (χ4v) is 2.76. The molecule has 1 heterocycles. The first kappa shape index (κ1) is 16.6. The van der Waals surface area contributed by atoms with Crippen molar-refractivity contribution in [3.63, 3.8) is 0 Å². The summed E-state index contributed by atoms with van der Waals surface area (Å²) >= 11 is 0. The molecule has 0 saturated carbocycles. The Morgan fingerprint density at radius 1 is 1.32 bits per heavy atom. The molecule has 5 heteroatoms. The molecule has 0 aliphatic carbocycles. The van der Waals surface area contributed by atoms with Gasteiger partial charge in [0, 0.05) is 26.2 Å². The smallest absolute Gasteiger partial charge is 0.304 e. The van der Waals surface area contributed by atoms with Gasteiger partial charge in [-0.2, -0.15) is 0 Å². The highest BCUT2D eigenvalue weighted by Gasteiger charge is 2.15. The molecule has 1 aliphatic heterocycles. The molecule has 1 aromatic rings. The fourth-order valence-electron chi connectivity index (χ4n) is 2.76. The Balaban J connectivity index is 2.00. The van der Waals surface area contributed by atoms with Crippen molar-refractivity contribution < 1.29 is 14.6 Å². The van der Waals surface area contributed by atoms with E-state index in [0.717, 1.165) is 24.4 Å². The van der Waals surface area contributed by atoms with Gasteiger partial charge in [0.2, 0.25) is 0 Å². The Bertz CT molecular complexity index is 485. The molecule has 1 saturated heterocycles. The van der Waals surface area contributed by atoms with Crippen molar-refractivity contribution >= 4 is 11.7 Å². The van der Waals surface area contributed by atoms with Gasteiger partial charge in [-0.15, -0.1) is 0 Å². The number of piperidine rings is 1. The van der Waals surface area contributed by atoms with Crippen LogP contribution in [0.1, 0.15) is 38.2 Å². The highest BCUT2D eigenvalue weighted by molar-refractivity contribution is 5.66. The number of benzene rings is 1. The number of aliphatic carboxylic acids is 1. The van der Waals surface area contributed by atoms with Crippen LogP contribution >= 0.6 is 0 Å². The SMILES string of the molecule is CCOc1cc(CNCCC(=O)O)ccc1N1CCCCC1. The van der Waals surface area contributed by atoms with Gasteiger partial charge in [-0.3, -0.25) is 4.79 Å². The van der Waals surface area contributed by atoms with E-state index in [4.69, 9.17) is 9.84 Å². The van der Waals surface area contributed by atoms with E-state index >= 15 is 0 Å². The lowest BCUT2D eigenvalue weighted by Gasteiger charge is -2.30. The number of nitrogens with one attached hydrogen (secondary N) is 1. The Labute approximate surface area is 132 Å². The van der Waals surface area contributed by atoms with Gasteiger partial charge in [0.05, 0.1) is 18.7 Å². The van der Waals surface area contributed by atoms with Crippen LogP contribution in [0.3, 0.4) is 0 Å². The van der Waals surface area contributed by atoms with Crippen molar-refractivity contribution in [2.45, 2.75) is 39.2 Å². The normalized spacial score (nSPS) is 14.9. The van der Waals surface area contributed by atoms with E-state index in [2.05, 4.69) is 28.4 Å². The molecule has 2 rings (SSSR count). The molecular formula is C17H26N2O3. The Kier molecular flexibility index (Phi) is 6.52. The third kappa shape index (κ3) is 4.91. The number of carboxylic acid groups (broad SMARTS) is 1. The van der Waals surface area contributed by atoms with E-state index < -0.39 is 5.97 Å². The zero-order valence-electron chi connectivity index (χ0n) is 13.3. The number of carbonyl (C=O) groups is 1. The molecule has 0 bridgehead atoms. The topological polar surface area (TPSA) is 61.8 Å². The second-order valence-corrected chi connectivity index (χ2v) is 5.60. The Hall–Kier alpha value is -1.75. The van der Waals surface area contributed by atoms with Crippen molar-refractivity contribution in [2.24, 2.45) is 0 Å². The van der Waals surface area contributed by atoms with Crippen molar-refractivity contribution in [3.05, 3.63) is 23.8 Å². The number of nitrogens with zero attached hydrogens (tertiary/aromatic N) is 1. The molecule has 5 nitrogen and oxygen atoms in total. The zero-order valence-corrected chi connectivity index (χ0v) is 13.3. The van der Waals surface area contributed by atoms with E-state index in [1.54, 1.807) is 0 Å². The predicted molar refractivity (Wildman–Crippen MR) is 87.6 cm³/mol. The standard InChI is InChI=1S/C17H26N2O3/c1-2-22-16-12-14(13-18-9-8-17(20)21)6-7-15(16)19-10-4-3-5-11-19/h6-7,12,18H,2-5,8-11,13H2,1H3,(H,20,21). The van der Waals surface area contributed by atoms with Crippen molar-refractivity contribution in [1.82, 2.24) is 5.32 Å². The number of hydrogen-bond acceptors (Lipinski definition) is 4. The predicted octanol–water partition coefficient (Wildman–Crippen LogP) is 2.64. The quantitative estimate of drug-likeness (QED) is 0.723. The minimum atomic E-state index is -0.775. The highest BCUT2D eigenvalue weighted by atomic mass is 16.5. The van der Waals surface area contributed by atoms with Gasteiger partial charge in [-0.05, 0) is 43.9 Å². The molecule has 122 valence electrons. The van der Waals surface area contributed by atoms with E-state index in [1.165, 1.54) is 24.9 Å². The second kappa shape index (κ2) is 8.63. The molecule has 22 heavy (non-hydrogen) atoms. The van der Waals surface area contributed by atoms with Crippen LogP contribution in [0.15, 0.2) is 18.2 Å². The van der Waals surface area contributed by atoms with Gasteiger partial charge in [0.1, 0.15) is 5.75 Å². The second-order valence-electron chi connectivity index (χ2n) is 5.60. The molecular weight excluding hydrogens is 280 g/mol. The van der Waals surface area contributed by atoms with Gasteiger partial charge in [-0.25, -0.2) is 0 Å². The van der Waals surface area contributed by atoms with E-state index in [1.807, 2.05) is 6.92 Å². The van der Waals surface area contributed by atoms with Gasteiger partial charge in [-0.1, -0.05) is 6.07 Å². The van der Waals surface area contributed by atoms with E-state index in [9.17, 15) is 4.79 Å². The third-order valence-corrected chi connectivity index (χ3v) is 3.87. The van der Waals surface area contributed by atoms with E-state index in [0.29, 0.717) is 19.7 Å². The van der Waals surface area contributed by atoms with Gasteiger partial charge in [0.15, 0.2) is 0 Å². The maximum absolute atomic E-state index is 10.5. The van der Waals surface area contributed by atoms with Crippen LogP contribution in [-0.2, 0) is 11.3 Å². The monoisotopic (exact) mass is 306 g/mol. The average molecular weight is 306 g/mol. The lowest BCUT2D eigenvalue weighted by atomic mass is 10.1. The summed E-state index contributed by atoms with van der Waals surface area (Å²) in [5.41, 5.74) is 2.30. The molecule has 0 unspecified atom stereocenters. The van der Waals surface area contributed by atoms with Crippen molar-refractivity contribution in [3.8, 4) is 5.75 Å². The minimum absolute atomic E-state index is 0.143. The number of ether oxygens (including phenoxy) is 1. The first-order valence-corrected chi connectivity index (χ1v) is 8.14. The zero-order chi connectivity index (χ0) is 15.8. The molecule has 0 amide bonds.